The molecule has 4 rings (SSSR count). The molecule has 1 fully saturated rings. The fourth-order valence-electron chi connectivity index (χ4n) is 4.60. The van der Waals surface area contributed by atoms with Gasteiger partial charge in [-0.15, -0.1) is 0 Å². The highest BCUT2D eigenvalue weighted by Crippen LogP contribution is 2.32. The lowest BCUT2D eigenvalue weighted by Crippen LogP contribution is -2.46. The van der Waals surface area contributed by atoms with Crippen LogP contribution in [0.5, 0.6) is 0 Å². The summed E-state index contributed by atoms with van der Waals surface area (Å²) in [6.07, 6.45) is 1.19. The zero-order valence-electron chi connectivity index (χ0n) is 20.1. The van der Waals surface area contributed by atoms with Crippen LogP contribution in [0.15, 0.2) is 42.6 Å². The lowest BCUT2D eigenvalue weighted by Gasteiger charge is -2.24. The summed E-state index contributed by atoms with van der Waals surface area (Å²) in [6, 6.07) is 7.42. The Labute approximate surface area is 215 Å². The maximum absolute atomic E-state index is 15.0. The predicted molar refractivity (Wildman–Crippen MR) is 132 cm³/mol. The van der Waals surface area contributed by atoms with Gasteiger partial charge in [-0.3, -0.25) is 14.4 Å². The van der Waals surface area contributed by atoms with Crippen molar-refractivity contribution in [2.24, 2.45) is 0 Å². The molecule has 1 aliphatic rings. The number of benzene rings is 2. The lowest BCUT2D eigenvalue weighted by molar-refractivity contribution is -0.139. The summed E-state index contributed by atoms with van der Waals surface area (Å²) in [7, 11) is 0. The van der Waals surface area contributed by atoms with E-state index in [1.54, 1.807) is 0 Å². The van der Waals surface area contributed by atoms with E-state index in [1.807, 2.05) is 0 Å². The number of amides is 2. The van der Waals surface area contributed by atoms with Gasteiger partial charge < -0.3 is 19.9 Å². The second-order valence-corrected chi connectivity index (χ2v) is 9.76. The molecule has 0 spiro atoms. The van der Waals surface area contributed by atoms with Gasteiger partial charge >= 0.3 is 5.97 Å². The van der Waals surface area contributed by atoms with E-state index < -0.39 is 35.3 Å². The van der Waals surface area contributed by atoms with Gasteiger partial charge in [0.1, 0.15) is 24.1 Å². The first-order valence-corrected chi connectivity index (χ1v) is 11.8. The van der Waals surface area contributed by atoms with Gasteiger partial charge in [-0.1, -0.05) is 29.8 Å². The molecule has 0 saturated carbocycles. The van der Waals surface area contributed by atoms with E-state index in [4.69, 9.17) is 11.6 Å². The topological polar surface area (TPSA) is 109 Å². The van der Waals surface area contributed by atoms with Crippen LogP contribution in [0.4, 0.5) is 8.78 Å². The molecule has 0 aliphatic carbocycles. The number of fused-ring (bicyclic) bond motifs is 1. The van der Waals surface area contributed by atoms with Gasteiger partial charge in [0.05, 0.1) is 22.6 Å². The molecular formula is C26H24ClF2N3O5. The number of Topliss-reactive ketones (excluding diaryl/α,β-unsaturated/α-hetero) is 1. The molecule has 194 valence electrons. The van der Waals surface area contributed by atoms with Crippen LogP contribution in [-0.2, 0) is 22.7 Å². The Hall–Kier alpha value is -3.79. The van der Waals surface area contributed by atoms with Crippen LogP contribution < -0.4 is 5.32 Å². The van der Waals surface area contributed by atoms with Crippen molar-refractivity contribution in [1.29, 1.82) is 0 Å². The number of nitrogens with zero attached hydrogens (tertiary/aromatic N) is 2. The number of ketones is 1. The number of likely N-dealkylation sites (tertiary alicyclic amines) is 1. The van der Waals surface area contributed by atoms with E-state index in [2.05, 4.69) is 5.32 Å². The number of carboxylic acids is 1. The Morgan fingerprint density at radius 2 is 1.95 bits per heavy atom. The highest BCUT2D eigenvalue weighted by atomic mass is 35.5. The molecule has 2 N–H and O–H groups in total. The predicted octanol–water partition coefficient (Wildman–Crippen LogP) is 3.98. The molecule has 2 heterocycles. The number of nitrogens with one attached hydrogen (secondary N) is 1. The molecule has 1 aliphatic heterocycles. The Morgan fingerprint density at radius 1 is 1.22 bits per heavy atom. The van der Waals surface area contributed by atoms with Crippen LogP contribution in [-0.4, -0.2) is 56.4 Å². The number of aromatic carboxylic acids is 1. The molecular weight excluding hydrogens is 508 g/mol. The number of carbonyl (C=O) groups is 4. The van der Waals surface area contributed by atoms with Gasteiger partial charge in [0.2, 0.25) is 11.8 Å². The Balaban J connectivity index is 1.58. The summed E-state index contributed by atoms with van der Waals surface area (Å²) >= 11 is 5.78. The van der Waals surface area contributed by atoms with Gasteiger partial charge in [0, 0.05) is 35.7 Å². The molecule has 2 atom stereocenters. The lowest BCUT2D eigenvalue weighted by atomic mass is 10.0. The van der Waals surface area contributed by atoms with Crippen LogP contribution in [0.1, 0.15) is 46.5 Å². The van der Waals surface area contributed by atoms with Gasteiger partial charge in [0.15, 0.2) is 5.78 Å². The van der Waals surface area contributed by atoms with Crippen molar-refractivity contribution in [3.05, 3.63) is 70.1 Å². The zero-order chi connectivity index (χ0) is 27.1. The third-order valence-corrected chi connectivity index (χ3v) is 6.71. The first-order chi connectivity index (χ1) is 17.4. The molecule has 0 unspecified atom stereocenters. The third kappa shape index (κ3) is 5.34. The second kappa shape index (κ2) is 9.93. The molecule has 8 nitrogen and oxygen atoms in total. The summed E-state index contributed by atoms with van der Waals surface area (Å²) in [5, 5.41) is 12.3. The van der Waals surface area contributed by atoms with Gasteiger partial charge in [0.25, 0.3) is 0 Å². The van der Waals surface area contributed by atoms with E-state index in [9.17, 15) is 33.1 Å². The van der Waals surface area contributed by atoms with Crippen molar-refractivity contribution in [3.8, 4) is 0 Å². The van der Waals surface area contributed by atoms with Crippen LogP contribution in [0.2, 0.25) is 5.02 Å². The van der Waals surface area contributed by atoms with Gasteiger partial charge in [-0.2, -0.15) is 0 Å². The molecule has 3 aromatic rings. The largest absolute Gasteiger partial charge is 0.478 e. The monoisotopic (exact) mass is 531 g/mol. The average Bonchev–Trinajstić information content (AvgIpc) is 3.36. The minimum atomic E-state index is -1.83. The van der Waals surface area contributed by atoms with Crippen LogP contribution in [0.3, 0.4) is 0 Å². The van der Waals surface area contributed by atoms with Crippen LogP contribution in [0, 0.1) is 5.82 Å². The van der Waals surface area contributed by atoms with E-state index in [-0.39, 0.29) is 48.0 Å². The number of halogens is 3. The highest BCUT2D eigenvalue weighted by Gasteiger charge is 2.46. The summed E-state index contributed by atoms with van der Waals surface area (Å²) in [5.41, 5.74) is -1.08. The minimum Gasteiger partial charge on any atom is -0.478 e. The fourth-order valence-corrected chi connectivity index (χ4v) is 4.79. The maximum Gasteiger partial charge on any atom is 0.335 e. The van der Waals surface area contributed by atoms with Crippen LogP contribution in [0.25, 0.3) is 10.9 Å². The van der Waals surface area contributed by atoms with Gasteiger partial charge in [-0.25, -0.2) is 13.6 Å². The van der Waals surface area contributed by atoms with E-state index in [1.165, 1.54) is 61.0 Å². The third-order valence-electron chi connectivity index (χ3n) is 6.42. The SMILES string of the molecule is CC(=O)c1cn(CC(=O)N2C[C@](C)(F)C[C@H]2C(=O)NCc2cccc(Cl)c2F)c2cc(C(=O)O)ccc12. The highest BCUT2D eigenvalue weighted by molar-refractivity contribution is 6.30. The van der Waals surface area contributed by atoms with E-state index >= 15 is 0 Å². The fraction of sp³-hybridized carbons (Fsp3) is 0.308. The summed E-state index contributed by atoms with van der Waals surface area (Å²) in [4.78, 5) is 51.0. The first-order valence-electron chi connectivity index (χ1n) is 11.4. The molecule has 2 aromatic carbocycles. The summed E-state index contributed by atoms with van der Waals surface area (Å²) < 4.78 is 30.6. The van der Waals surface area contributed by atoms with Gasteiger partial charge in [-0.05, 0) is 32.0 Å². The first kappa shape index (κ1) is 26.3. The number of hydrogen-bond donors (Lipinski definition) is 2. The van der Waals surface area contributed by atoms with Crippen molar-refractivity contribution in [3.63, 3.8) is 0 Å². The zero-order valence-corrected chi connectivity index (χ0v) is 20.8. The quantitative estimate of drug-likeness (QED) is 0.448. The number of alkyl halides is 1. The number of carboxylic acid groups (broad SMARTS) is 1. The second-order valence-electron chi connectivity index (χ2n) is 9.35. The van der Waals surface area contributed by atoms with Crippen molar-refractivity contribution in [2.45, 2.75) is 45.1 Å². The van der Waals surface area contributed by atoms with E-state index in [0.29, 0.717) is 16.5 Å². The number of rotatable bonds is 7. The Kier molecular flexibility index (Phi) is 7.05. The Bertz CT molecular complexity index is 1440. The maximum atomic E-state index is 15.0. The normalized spacial score (nSPS) is 19.3. The smallest absolute Gasteiger partial charge is 0.335 e. The standard InChI is InChI=1S/C26H24ClF2N3O5/c1-14(33)18-11-31(20-8-15(25(36)37)6-7-17(18)20)12-22(34)32-13-26(2,29)9-21(32)24(35)30-10-16-4-3-5-19(27)23(16)28/h3-8,11,21H,9-10,12-13H2,1-2H3,(H,30,35)(H,36,37)/t21-,26+/m0/s1. The van der Waals surface area contributed by atoms with Crippen molar-refractivity contribution < 1.29 is 33.1 Å². The number of aromatic nitrogens is 1. The molecule has 37 heavy (non-hydrogen) atoms. The number of carbonyl (C=O) groups excluding carboxylic acids is 3. The molecule has 2 amide bonds. The van der Waals surface area contributed by atoms with Crippen LogP contribution >= 0.6 is 11.6 Å². The molecule has 1 aromatic heterocycles. The molecule has 0 bridgehead atoms. The summed E-state index contributed by atoms with van der Waals surface area (Å²) in [6.45, 7) is 1.75. The molecule has 11 heteroatoms. The van der Waals surface area contributed by atoms with Crippen molar-refractivity contribution in [1.82, 2.24) is 14.8 Å². The van der Waals surface area contributed by atoms with Crippen molar-refractivity contribution in [2.75, 3.05) is 6.54 Å². The Morgan fingerprint density at radius 3 is 2.62 bits per heavy atom. The molecule has 0 radical (unpaired) electrons. The van der Waals surface area contributed by atoms with E-state index in [0.717, 1.165) is 4.90 Å². The van der Waals surface area contributed by atoms with Crippen molar-refractivity contribution >= 4 is 46.1 Å². The average molecular weight is 532 g/mol. The molecule has 1 saturated heterocycles. The number of hydrogen-bond acceptors (Lipinski definition) is 4. The minimum absolute atomic E-state index is 0.0302. The summed E-state index contributed by atoms with van der Waals surface area (Å²) in [5.74, 6) is -3.37.